The largest absolute Gasteiger partial charge is 0.352 e. The number of rotatable bonds is 4. The van der Waals surface area contributed by atoms with Crippen molar-refractivity contribution in [3.05, 3.63) is 47.0 Å². The lowest BCUT2D eigenvalue weighted by molar-refractivity contribution is 0.0954. The van der Waals surface area contributed by atoms with Crippen LogP contribution in [-0.2, 0) is 0 Å². The molecule has 1 N–H and O–H groups in total. The molecular formula is C15H16N2O. The second-order valence-corrected chi connectivity index (χ2v) is 4.45. The molecule has 1 aromatic carbocycles. The Morgan fingerprint density at radius 1 is 1.44 bits per heavy atom. The highest BCUT2D eigenvalue weighted by Crippen LogP contribution is 2.19. The molecule has 0 fully saturated rings. The Morgan fingerprint density at radius 3 is 3.06 bits per heavy atom. The lowest BCUT2D eigenvalue weighted by atomic mass is 10.1. The van der Waals surface area contributed by atoms with Gasteiger partial charge in [0.05, 0.1) is 11.6 Å². The fourth-order valence-corrected chi connectivity index (χ4v) is 2.13. The van der Waals surface area contributed by atoms with Gasteiger partial charge < -0.3 is 5.32 Å². The molecule has 0 heterocycles. The summed E-state index contributed by atoms with van der Waals surface area (Å²) < 4.78 is 0. The molecule has 0 aliphatic heterocycles. The van der Waals surface area contributed by atoms with Crippen LogP contribution in [-0.4, -0.2) is 12.5 Å². The van der Waals surface area contributed by atoms with Crippen LogP contribution in [0.5, 0.6) is 0 Å². The van der Waals surface area contributed by atoms with Gasteiger partial charge >= 0.3 is 0 Å². The predicted octanol–water partition coefficient (Wildman–Crippen LogP) is 2.79. The number of nitriles is 1. The van der Waals surface area contributed by atoms with Gasteiger partial charge in [0.1, 0.15) is 0 Å². The maximum atomic E-state index is 11.8. The van der Waals surface area contributed by atoms with E-state index in [0.29, 0.717) is 17.7 Å². The number of nitrogens with zero attached hydrogens (tertiary/aromatic N) is 1. The highest BCUT2D eigenvalue weighted by molar-refractivity contribution is 5.94. The molecule has 0 bridgehead atoms. The van der Waals surface area contributed by atoms with E-state index < -0.39 is 0 Å². The minimum atomic E-state index is -0.106. The van der Waals surface area contributed by atoms with Gasteiger partial charge in [0.15, 0.2) is 0 Å². The number of allylic oxidation sites excluding steroid dienone is 1. The van der Waals surface area contributed by atoms with Crippen LogP contribution in [0.25, 0.3) is 0 Å². The first-order valence-electron chi connectivity index (χ1n) is 6.26. The standard InChI is InChI=1S/C15H16N2O/c16-11-13-6-3-7-14(10-13)15(18)17-9-8-12-4-1-2-5-12/h3-4,6-7,10H,1-2,5,8-9H2,(H,17,18). The van der Waals surface area contributed by atoms with E-state index in [1.165, 1.54) is 24.8 Å². The quantitative estimate of drug-likeness (QED) is 0.823. The Balaban J connectivity index is 1.85. The Labute approximate surface area is 107 Å². The number of hydrogen-bond acceptors (Lipinski definition) is 2. The van der Waals surface area contributed by atoms with Crippen LogP contribution < -0.4 is 5.32 Å². The Kier molecular flexibility index (Phi) is 4.14. The second kappa shape index (κ2) is 6.02. The lowest BCUT2D eigenvalue weighted by Crippen LogP contribution is -2.24. The molecule has 0 saturated heterocycles. The van der Waals surface area contributed by atoms with Gasteiger partial charge in [-0.1, -0.05) is 17.7 Å². The minimum Gasteiger partial charge on any atom is -0.352 e. The molecule has 0 aromatic heterocycles. The topological polar surface area (TPSA) is 52.9 Å². The third kappa shape index (κ3) is 3.21. The molecule has 1 amide bonds. The molecule has 1 aliphatic carbocycles. The lowest BCUT2D eigenvalue weighted by Gasteiger charge is -2.06. The summed E-state index contributed by atoms with van der Waals surface area (Å²) in [6, 6.07) is 8.80. The first-order chi connectivity index (χ1) is 8.79. The zero-order valence-electron chi connectivity index (χ0n) is 10.3. The molecule has 3 heteroatoms. The van der Waals surface area contributed by atoms with E-state index in [9.17, 15) is 4.79 Å². The first kappa shape index (κ1) is 12.4. The molecule has 0 atom stereocenters. The molecule has 92 valence electrons. The van der Waals surface area contributed by atoms with E-state index in [-0.39, 0.29) is 5.91 Å². The number of nitrogens with one attached hydrogen (secondary N) is 1. The van der Waals surface area contributed by atoms with Gasteiger partial charge in [-0.05, 0) is 43.9 Å². The maximum absolute atomic E-state index is 11.8. The highest BCUT2D eigenvalue weighted by atomic mass is 16.1. The Morgan fingerprint density at radius 2 is 2.33 bits per heavy atom. The van der Waals surface area contributed by atoms with E-state index in [4.69, 9.17) is 5.26 Å². The number of amides is 1. The summed E-state index contributed by atoms with van der Waals surface area (Å²) in [6.45, 7) is 0.668. The van der Waals surface area contributed by atoms with Crippen LogP contribution in [0.1, 0.15) is 41.6 Å². The number of carbonyl (C=O) groups excluding carboxylic acids is 1. The Hall–Kier alpha value is -2.08. The average Bonchev–Trinajstić information content (AvgIpc) is 2.92. The van der Waals surface area contributed by atoms with Crippen molar-refractivity contribution < 1.29 is 4.79 Å². The van der Waals surface area contributed by atoms with Gasteiger partial charge in [-0.3, -0.25) is 4.79 Å². The molecule has 0 spiro atoms. The van der Waals surface area contributed by atoms with E-state index in [1.807, 2.05) is 6.07 Å². The molecule has 1 aliphatic rings. The molecule has 0 unspecified atom stereocenters. The summed E-state index contributed by atoms with van der Waals surface area (Å²) in [5.74, 6) is -0.106. The SMILES string of the molecule is N#Cc1cccc(C(=O)NCCC2=CCCC2)c1. The van der Waals surface area contributed by atoms with Crippen LogP contribution >= 0.6 is 0 Å². The van der Waals surface area contributed by atoms with Crippen molar-refractivity contribution in [3.8, 4) is 6.07 Å². The Bertz CT molecular complexity index is 511. The van der Waals surface area contributed by atoms with Crippen molar-refractivity contribution in [3.63, 3.8) is 0 Å². The van der Waals surface area contributed by atoms with Crippen molar-refractivity contribution >= 4 is 5.91 Å². The third-order valence-electron chi connectivity index (χ3n) is 3.12. The average molecular weight is 240 g/mol. The monoisotopic (exact) mass is 240 g/mol. The summed E-state index contributed by atoms with van der Waals surface area (Å²) in [5.41, 5.74) is 2.51. The van der Waals surface area contributed by atoms with Gasteiger partial charge in [0.25, 0.3) is 5.91 Å². The third-order valence-corrected chi connectivity index (χ3v) is 3.12. The van der Waals surface area contributed by atoms with Crippen LogP contribution in [0.4, 0.5) is 0 Å². The first-order valence-corrected chi connectivity index (χ1v) is 6.26. The van der Waals surface area contributed by atoms with Crippen LogP contribution in [0.3, 0.4) is 0 Å². The summed E-state index contributed by atoms with van der Waals surface area (Å²) in [6.07, 6.45) is 6.78. The van der Waals surface area contributed by atoms with E-state index >= 15 is 0 Å². The van der Waals surface area contributed by atoms with Crippen molar-refractivity contribution in [1.82, 2.24) is 5.32 Å². The maximum Gasteiger partial charge on any atom is 0.251 e. The van der Waals surface area contributed by atoms with E-state index in [1.54, 1.807) is 24.3 Å². The van der Waals surface area contributed by atoms with E-state index in [0.717, 1.165) is 6.42 Å². The van der Waals surface area contributed by atoms with Crippen LogP contribution in [0.2, 0.25) is 0 Å². The van der Waals surface area contributed by atoms with E-state index in [2.05, 4.69) is 11.4 Å². The van der Waals surface area contributed by atoms with Gasteiger partial charge in [-0.2, -0.15) is 5.26 Å². The molecule has 18 heavy (non-hydrogen) atoms. The van der Waals surface area contributed by atoms with Crippen molar-refractivity contribution in [2.45, 2.75) is 25.7 Å². The fourth-order valence-electron chi connectivity index (χ4n) is 2.13. The predicted molar refractivity (Wildman–Crippen MR) is 70.0 cm³/mol. The second-order valence-electron chi connectivity index (χ2n) is 4.45. The number of carbonyl (C=O) groups is 1. The van der Waals surface area contributed by atoms with Crippen LogP contribution in [0.15, 0.2) is 35.9 Å². The molecule has 1 aromatic rings. The summed E-state index contributed by atoms with van der Waals surface area (Å²) in [7, 11) is 0. The number of benzene rings is 1. The van der Waals surface area contributed by atoms with Crippen LogP contribution in [0, 0.1) is 11.3 Å². The van der Waals surface area contributed by atoms with Crippen molar-refractivity contribution in [2.75, 3.05) is 6.54 Å². The van der Waals surface area contributed by atoms with Gasteiger partial charge in [-0.25, -0.2) is 0 Å². The molecular weight excluding hydrogens is 224 g/mol. The van der Waals surface area contributed by atoms with Crippen molar-refractivity contribution in [1.29, 1.82) is 5.26 Å². The zero-order chi connectivity index (χ0) is 12.8. The van der Waals surface area contributed by atoms with Crippen molar-refractivity contribution in [2.24, 2.45) is 0 Å². The smallest absolute Gasteiger partial charge is 0.251 e. The summed E-state index contributed by atoms with van der Waals surface area (Å²) >= 11 is 0. The van der Waals surface area contributed by atoms with Gasteiger partial charge in [0, 0.05) is 12.1 Å². The normalized spacial score (nSPS) is 13.8. The summed E-state index contributed by atoms with van der Waals surface area (Å²) in [5, 5.41) is 11.7. The van der Waals surface area contributed by atoms with Gasteiger partial charge in [0.2, 0.25) is 0 Å². The number of hydrogen-bond donors (Lipinski definition) is 1. The molecule has 0 radical (unpaired) electrons. The summed E-state index contributed by atoms with van der Waals surface area (Å²) in [4.78, 5) is 11.8. The fraction of sp³-hybridized carbons (Fsp3) is 0.333. The highest BCUT2D eigenvalue weighted by Gasteiger charge is 2.07. The van der Waals surface area contributed by atoms with Gasteiger partial charge in [-0.15, -0.1) is 0 Å². The molecule has 3 nitrogen and oxygen atoms in total. The zero-order valence-corrected chi connectivity index (χ0v) is 10.3. The molecule has 2 rings (SSSR count). The molecule has 0 saturated carbocycles. The minimum absolute atomic E-state index is 0.106.